The highest BCUT2D eigenvalue weighted by molar-refractivity contribution is 6.11. The van der Waals surface area contributed by atoms with Crippen molar-refractivity contribution in [1.82, 2.24) is 0 Å². The molecule has 0 saturated carbocycles. The van der Waals surface area contributed by atoms with Crippen molar-refractivity contribution in [1.29, 1.82) is 0 Å². The summed E-state index contributed by atoms with van der Waals surface area (Å²) in [5.41, 5.74) is 6.32. The van der Waals surface area contributed by atoms with E-state index >= 15 is 0 Å². The Morgan fingerprint density at radius 3 is 2.72 bits per heavy atom. The lowest BCUT2D eigenvalue weighted by atomic mass is 9.85. The molecular weight excluding hydrogens is 230 g/mol. The lowest BCUT2D eigenvalue weighted by Crippen LogP contribution is -2.44. The van der Waals surface area contributed by atoms with Gasteiger partial charge >= 0.3 is 0 Å². The van der Waals surface area contributed by atoms with E-state index in [1.807, 2.05) is 32.0 Å². The van der Waals surface area contributed by atoms with Crippen LogP contribution >= 0.6 is 0 Å². The lowest BCUT2D eigenvalue weighted by Gasteiger charge is -2.25. The Morgan fingerprint density at radius 1 is 1.56 bits per heavy atom. The lowest BCUT2D eigenvalue weighted by molar-refractivity contribution is -0.121. The summed E-state index contributed by atoms with van der Waals surface area (Å²) in [5.74, 6) is -0.374. The van der Waals surface area contributed by atoms with E-state index < -0.39 is 5.41 Å². The maximum Gasteiger partial charge on any atom is 0.238 e. The van der Waals surface area contributed by atoms with E-state index in [4.69, 9.17) is 10.9 Å². The first kappa shape index (κ1) is 14.0. The first-order chi connectivity index (χ1) is 8.43. The van der Waals surface area contributed by atoms with E-state index in [1.165, 1.54) is 0 Å². The highest BCUT2D eigenvalue weighted by atomic mass is 16.4. The standard InChI is InChI=1S/C13H19N3O2/c1-4-13(3,11(14)16-18)12(17)15-10-7-5-6-9(2)8-10/h5-8,18H,4H2,1-3H3,(H2,14,16)(H,15,17). The average molecular weight is 249 g/mol. The van der Waals surface area contributed by atoms with Crippen molar-refractivity contribution in [2.45, 2.75) is 27.2 Å². The van der Waals surface area contributed by atoms with E-state index in [0.29, 0.717) is 12.1 Å². The number of anilines is 1. The Morgan fingerprint density at radius 2 is 2.22 bits per heavy atom. The van der Waals surface area contributed by atoms with Gasteiger partial charge in [0, 0.05) is 5.69 Å². The Labute approximate surface area is 107 Å². The number of nitrogens with zero attached hydrogens (tertiary/aromatic N) is 1. The molecule has 0 spiro atoms. The van der Waals surface area contributed by atoms with Crippen LogP contribution in [0.3, 0.4) is 0 Å². The molecule has 18 heavy (non-hydrogen) atoms. The summed E-state index contributed by atoms with van der Waals surface area (Å²) in [5, 5.41) is 14.5. The third kappa shape index (κ3) is 2.80. The number of hydrogen-bond donors (Lipinski definition) is 3. The summed E-state index contributed by atoms with van der Waals surface area (Å²) in [6.45, 7) is 5.40. The Balaban J connectivity index is 2.94. The van der Waals surface area contributed by atoms with Crippen LogP contribution in [-0.2, 0) is 4.79 Å². The number of amides is 1. The van der Waals surface area contributed by atoms with Crippen LogP contribution in [0.25, 0.3) is 0 Å². The van der Waals surface area contributed by atoms with Gasteiger partial charge in [0.25, 0.3) is 0 Å². The van der Waals surface area contributed by atoms with Crippen LogP contribution in [-0.4, -0.2) is 17.0 Å². The van der Waals surface area contributed by atoms with Crippen molar-refractivity contribution in [3.05, 3.63) is 29.8 Å². The molecular formula is C13H19N3O2. The number of rotatable bonds is 4. The van der Waals surface area contributed by atoms with E-state index in [0.717, 1.165) is 5.56 Å². The second kappa shape index (κ2) is 5.53. The molecule has 98 valence electrons. The third-order valence-corrected chi connectivity index (χ3v) is 3.16. The molecule has 1 amide bonds. The van der Waals surface area contributed by atoms with Gasteiger partial charge < -0.3 is 16.3 Å². The molecule has 0 fully saturated rings. The minimum absolute atomic E-state index is 0.0878. The van der Waals surface area contributed by atoms with Crippen LogP contribution in [0.15, 0.2) is 29.4 Å². The quantitative estimate of drug-likeness (QED) is 0.330. The number of carbonyl (C=O) groups excluding carboxylic acids is 1. The highest BCUT2D eigenvalue weighted by Gasteiger charge is 2.36. The SMILES string of the molecule is CCC(C)(C(=O)Nc1cccc(C)c1)/C(N)=N/O. The number of nitrogens with one attached hydrogen (secondary N) is 1. The normalized spacial score (nSPS) is 14.9. The second-order valence-electron chi connectivity index (χ2n) is 4.49. The van der Waals surface area contributed by atoms with Gasteiger partial charge in [-0.15, -0.1) is 0 Å². The van der Waals surface area contributed by atoms with Crippen LogP contribution in [0.4, 0.5) is 5.69 Å². The van der Waals surface area contributed by atoms with Crippen LogP contribution in [0.1, 0.15) is 25.8 Å². The molecule has 1 aromatic rings. The number of carbonyl (C=O) groups is 1. The smallest absolute Gasteiger partial charge is 0.238 e. The van der Waals surface area contributed by atoms with Gasteiger partial charge in [0.1, 0.15) is 5.41 Å². The number of nitrogens with two attached hydrogens (primary N) is 1. The van der Waals surface area contributed by atoms with Gasteiger partial charge in [-0.3, -0.25) is 4.79 Å². The molecule has 1 rings (SSSR count). The fraction of sp³-hybridized carbons (Fsp3) is 0.385. The van der Waals surface area contributed by atoms with Gasteiger partial charge in [0.15, 0.2) is 5.84 Å². The van der Waals surface area contributed by atoms with Crippen LogP contribution in [0.5, 0.6) is 0 Å². The molecule has 0 heterocycles. The number of amidine groups is 1. The predicted octanol–water partition coefficient (Wildman–Crippen LogP) is 2.10. The summed E-state index contributed by atoms with van der Waals surface area (Å²) < 4.78 is 0. The predicted molar refractivity (Wildman–Crippen MR) is 71.6 cm³/mol. The summed E-state index contributed by atoms with van der Waals surface area (Å²) in [4.78, 5) is 12.2. The first-order valence-electron chi connectivity index (χ1n) is 5.80. The molecule has 0 saturated heterocycles. The second-order valence-corrected chi connectivity index (χ2v) is 4.49. The molecule has 1 unspecified atom stereocenters. The minimum Gasteiger partial charge on any atom is -0.409 e. The van der Waals surface area contributed by atoms with E-state index in [-0.39, 0.29) is 11.7 Å². The number of benzene rings is 1. The molecule has 1 aromatic carbocycles. The van der Waals surface area contributed by atoms with Crippen LogP contribution < -0.4 is 11.1 Å². The van der Waals surface area contributed by atoms with Crippen molar-refractivity contribution in [2.75, 3.05) is 5.32 Å². The van der Waals surface area contributed by atoms with Crippen molar-refractivity contribution in [2.24, 2.45) is 16.3 Å². The van der Waals surface area contributed by atoms with Gasteiger partial charge in [-0.05, 0) is 38.0 Å². The topological polar surface area (TPSA) is 87.7 Å². The van der Waals surface area contributed by atoms with E-state index in [1.54, 1.807) is 13.0 Å². The largest absolute Gasteiger partial charge is 0.409 e. The summed E-state index contributed by atoms with van der Waals surface area (Å²) in [7, 11) is 0. The Bertz CT molecular complexity index is 471. The van der Waals surface area contributed by atoms with Gasteiger partial charge in [0.05, 0.1) is 0 Å². The molecule has 0 aliphatic carbocycles. The van der Waals surface area contributed by atoms with Crippen molar-refractivity contribution < 1.29 is 10.0 Å². The Hall–Kier alpha value is -2.04. The van der Waals surface area contributed by atoms with Gasteiger partial charge in [-0.2, -0.15) is 0 Å². The zero-order valence-corrected chi connectivity index (χ0v) is 10.9. The summed E-state index contributed by atoms with van der Waals surface area (Å²) >= 11 is 0. The maximum atomic E-state index is 12.2. The van der Waals surface area contributed by atoms with Crippen LogP contribution in [0, 0.1) is 12.3 Å². The fourth-order valence-corrected chi connectivity index (χ4v) is 1.56. The zero-order valence-electron chi connectivity index (χ0n) is 10.9. The van der Waals surface area contributed by atoms with Gasteiger partial charge in [-0.1, -0.05) is 24.2 Å². The van der Waals surface area contributed by atoms with E-state index in [2.05, 4.69) is 10.5 Å². The molecule has 0 bridgehead atoms. The molecule has 4 N–H and O–H groups in total. The molecule has 5 nitrogen and oxygen atoms in total. The maximum absolute atomic E-state index is 12.2. The first-order valence-corrected chi connectivity index (χ1v) is 5.80. The highest BCUT2D eigenvalue weighted by Crippen LogP contribution is 2.24. The molecule has 0 aromatic heterocycles. The molecule has 0 aliphatic heterocycles. The monoisotopic (exact) mass is 249 g/mol. The number of hydrogen-bond acceptors (Lipinski definition) is 3. The average Bonchev–Trinajstić information content (AvgIpc) is 2.36. The summed E-state index contributed by atoms with van der Waals surface area (Å²) in [6.07, 6.45) is 0.445. The Kier molecular flexibility index (Phi) is 4.31. The van der Waals surface area contributed by atoms with Crippen molar-refractivity contribution in [3.63, 3.8) is 0 Å². The molecule has 0 aliphatic rings. The summed E-state index contributed by atoms with van der Waals surface area (Å²) in [6, 6.07) is 7.46. The molecule has 1 atom stereocenters. The van der Waals surface area contributed by atoms with Gasteiger partial charge in [-0.25, -0.2) is 0 Å². The molecule has 5 heteroatoms. The van der Waals surface area contributed by atoms with Crippen LogP contribution in [0.2, 0.25) is 0 Å². The number of aryl methyl sites for hydroxylation is 1. The van der Waals surface area contributed by atoms with Crippen molar-refractivity contribution in [3.8, 4) is 0 Å². The number of oxime groups is 1. The van der Waals surface area contributed by atoms with Gasteiger partial charge in [0.2, 0.25) is 5.91 Å². The molecule has 0 radical (unpaired) electrons. The fourth-order valence-electron chi connectivity index (χ4n) is 1.56. The minimum atomic E-state index is -1.02. The van der Waals surface area contributed by atoms with Crippen molar-refractivity contribution >= 4 is 17.4 Å². The third-order valence-electron chi connectivity index (χ3n) is 3.16. The zero-order chi connectivity index (χ0) is 13.8. The van der Waals surface area contributed by atoms with E-state index in [9.17, 15) is 4.79 Å².